The SMILES string of the molecule is COc1cc(C)ccc1CC(=O)NC(CS(=O)(=O)c1ccc(Sc2ccccc2)cc1)C(=O)NO. The number of amides is 2. The minimum Gasteiger partial charge on any atom is -0.496 e. The number of aryl methyl sites for hydroxylation is 1. The molecule has 3 aromatic carbocycles. The Bertz CT molecular complexity index is 1280. The molecule has 0 bridgehead atoms. The summed E-state index contributed by atoms with van der Waals surface area (Å²) in [6.07, 6.45) is -0.135. The fraction of sp³-hybridized carbons (Fsp3) is 0.200. The minimum absolute atomic E-state index is 0.0000965. The first-order valence-corrected chi connectivity index (χ1v) is 13.1. The number of methoxy groups -OCH3 is 1. The molecule has 0 fully saturated rings. The Morgan fingerprint density at radius 3 is 2.29 bits per heavy atom. The van der Waals surface area contributed by atoms with Gasteiger partial charge in [-0.1, -0.05) is 42.1 Å². The zero-order valence-electron chi connectivity index (χ0n) is 19.2. The predicted octanol–water partition coefficient (Wildman–Crippen LogP) is 3.16. The van der Waals surface area contributed by atoms with E-state index in [9.17, 15) is 18.0 Å². The Hall–Kier alpha value is -3.34. The van der Waals surface area contributed by atoms with Gasteiger partial charge < -0.3 is 10.1 Å². The topological polar surface area (TPSA) is 122 Å². The van der Waals surface area contributed by atoms with Crippen molar-refractivity contribution in [2.45, 2.75) is 34.1 Å². The quantitative estimate of drug-likeness (QED) is 0.281. The molecule has 2 amide bonds. The van der Waals surface area contributed by atoms with Crippen LogP contribution < -0.4 is 15.5 Å². The van der Waals surface area contributed by atoms with E-state index < -0.39 is 33.4 Å². The van der Waals surface area contributed by atoms with Crippen molar-refractivity contribution < 1.29 is 28.0 Å². The third-order valence-corrected chi connectivity index (χ3v) is 7.88. The van der Waals surface area contributed by atoms with Crippen LogP contribution in [-0.2, 0) is 25.8 Å². The van der Waals surface area contributed by atoms with Crippen molar-refractivity contribution >= 4 is 33.4 Å². The van der Waals surface area contributed by atoms with Crippen LogP contribution in [0.15, 0.2) is 87.5 Å². The second-order valence-corrected chi connectivity index (χ2v) is 10.9. The number of hydrogen-bond acceptors (Lipinski definition) is 7. The Morgan fingerprint density at radius 1 is 1.00 bits per heavy atom. The largest absolute Gasteiger partial charge is 0.496 e. The van der Waals surface area contributed by atoms with E-state index >= 15 is 0 Å². The van der Waals surface area contributed by atoms with Gasteiger partial charge in [-0.25, -0.2) is 13.9 Å². The van der Waals surface area contributed by atoms with Gasteiger partial charge in [-0.05, 0) is 55.0 Å². The number of benzene rings is 3. The number of hydrogen-bond donors (Lipinski definition) is 3. The Morgan fingerprint density at radius 2 is 1.66 bits per heavy atom. The molecule has 0 heterocycles. The summed E-state index contributed by atoms with van der Waals surface area (Å²) in [5, 5.41) is 11.5. The van der Waals surface area contributed by atoms with Crippen LogP contribution in [0.1, 0.15) is 11.1 Å². The second kappa shape index (κ2) is 11.9. The molecule has 8 nitrogen and oxygen atoms in total. The highest BCUT2D eigenvalue weighted by Gasteiger charge is 2.28. The number of hydroxylamine groups is 1. The van der Waals surface area contributed by atoms with E-state index in [2.05, 4.69) is 5.32 Å². The molecule has 0 saturated carbocycles. The Balaban J connectivity index is 1.71. The van der Waals surface area contributed by atoms with Gasteiger partial charge in [0.25, 0.3) is 5.91 Å². The Kier molecular flexibility index (Phi) is 8.91. The molecule has 3 aromatic rings. The van der Waals surface area contributed by atoms with E-state index in [0.29, 0.717) is 11.3 Å². The third kappa shape index (κ3) is 7.32. The van der Waals surface area contributed by atoms with Crippen molar-refractivity contribution in [3.63, 3.8) is 0 Å². The molecule has 0 saturated heterocycles. The molecule has 184 valence electrons. The molecule has 0 spiro atoms. The summed E-state index contributed by atoms with van der Waals surface area (Å²) in [5.74, 6) is -1.84. The Labute approximate surface area is 208 Å². The molecule has 1 unspecified atom stereocenters. The van der Waals surface area contributed by atoms with Crippen molar-refractivity contribution in [3.8, 4) is 5.75 Å². The van der Waals surface area contributed by atoms with Gasteiger partial charge in [-0.2, -0.15) is 0 Å². The van der Waals surface area contributed by atoms with Crippen molar-refractivity contribution in [1.29, 1.82) is 0 Å². The van der Waals surface area contributed by atoms with E-state index in [-0.39, 0.29) is 11.3 Å². The van der Waals surface area contributed by atoms with Crippen LogP contribution >= 0.6 is 11.8 Å². The van der Waals surface area contributed by atoms with E-state index in [1.54, 1.807) is 24.3 Å². The zero-order chi connectivity index (χ0) is 25.4. The lowest BCUT2D eigenvalue weighted by molar-refractivity contribution is -0.133. The van der Waals surface area contributed by atoms with Gasteiger partial charge in [-0.15, -0.1) is 0 Å². The van der Waals surface area contributed by atoms with Gasteiger partial charge >= 0.3 is 0 Å². The smallest absolute Gasteiger partial charge is 0.266 e. The van der Waals surface area contributed by atoms with E-state index in [1.165, 1.54) is 36.5 Å². The van der Waals surface area contributed by atoms with Gasteiger partial charge in [0.05, 0.1) is 24.2 Å². The first-order chi connectivity index (χ1) is 16.7. The molecular weight excluding hydrogens is 488 g/mol. The van der Waals surface area contributed by atoms with Crippen LogP contribution in [0.3, 0.4) is 0 Å². The van der Waals surface area contributed by atoms with Crippen LogP contribution in [0.4, 0.5) is 0 Å². The second-order valence-electron chi connectivity index (χ2n) is 7.76. The third-order valence-electron chi connectivity index (χ3n) is 5.10. The van der Waals surface area contributed by atoms with Gasteiger partial charge in [-0.3, -0.25) is 14.8 Å². The zero-order valence-corrected chi connectivity index (χ0v) is 20.9. The highest BCUT2D eigenvalue weighted by atomic mass is 32.2. The molecule has 3 N–H and O–H groups in total. The summed E-state index contributed by atoms with van der Waals surface area (Å²) in [5.41, 5.74) is 2.95. The average Bonchev–Trinajstić information content (AvgIpc) is 2.85. The van der Waals surface area contributed by atoms with Gasteiger partial charge in [0.2, 0.25) is 5.91 Å². The van der Waals surface area contributed by atoms with Crippen LogP contribution in [-0.4, -0.2) is 44.3 Å². The lowest BCUT2D eigenvalue weighted by Gasteiger charge is -2.18. The number of rotatable bonds is 10. The molecule has 0 aliphatic carbocycles. The fourth-order valence-corrected chi connectivity index (χ4v) is 5.59. The molecule has 0 radical (unpaired) electrons. The van der Waals surface area contributed by atoms with Crippen LogP contribution in [0.25, 0.3) is 0 Å². The number of ether oxygens (including phenoxy) is 1. The van der Waals surface area contributed by atoms with Crippen LogP contribution in [0.5, 0.6) is 5.75 Å². The van der Waals surface area contributed by atoms with E-state index in [1.807, 2.05) is 43.3 Å². The minimum atomic E-state index is -3.96. The summed E-state index contributed by atoms with van der Waals surface area (Å²) >= 11 is 1.48. The molecule has 0 aliphatic rings. The van der Waals surface area contributed by atoms with Gasteiger partial charge in [0.15, 0.2) is 9.84 Å². The van der Waals surface area contributed by atoms with Gasteiger partial charge in [0, 0.05) is 15.4 Å². The molecular formula is C25H26N2O6S2. The highest BCUT2D eigenvalue weighted by Crippen LogP contribution is 2.28. The highest BCUT2D eigenvalue weighted by molar-refractivity contribution is 7.99. The molecule has 10 heteroatoms. The van der Waals surface area contributed by atoms with Crippen molar-refractivity contribution in [1.82, 2.24) is 10.8 Å². The molecule has 3 rings (SSSR count). The van der Waals surface area contributed by atoms with Crippen LogP contribution in [0.2, 0.25) is 0 Å². The standard InChI is InChI=1S/C25H26N2O6S2/c1-17-8-9-18(23(14-17)33-2)15-24(28)26-22(25(29)27-30)16-35(31,32)21-12-10-20(11-13-21)34-19-6-4-3-5-7-19/h3-14,22,30H,15-16H2,1-2H3,(H,26,28)(H,27,29). The van der Waals surface area contributed by atoms with Gasteiger partial charge in [0.1, 0.15) is 11.8 Å². The predicted molar refractivity (Wildman–Crippen MR) is 132 cm³/mol. The summed E-state index contributed by atoms with van der Waals surface area (Å²) in [7, 11) is -2.48. The van der Waals surface area contributed by atoms with E-state index in [4.69, 9.17) is 9.94 Å². The first-order valence-electron chi connectivity index (χ1n) is 10.6. The van der Waals surface area contributed by atoms with E-state index in [0.717, 1.165) is 15.4 Å². The van der Waals surface area contributed by atoms with Crippen LogP contribution in [0, 0.1) is 6.92 Å². The fourth-order valence-electron chi connectivity index (χ4n) is 3.33. The summed E-state index contributed by atoms with van der Waals surface area (Å²) in [6.45, 7) is 1.88. The maximum absolute atomic E-state index is 13.0. The number of nitrogens with one attached hydrogen (secondary N) is 2. The summed E-state index contributed by atoms with van der Waals surface area (Å²) in [4.78, 5) is 26.6. The maximum Gasteiger partial charge on any atom is 0.266 e. The average molecular weight is 515 g/mol. The first kappa shape index (κ1) is 26.3. The number of carbonyl (C=O) groups excluding carboxylic acids is 2. The summed E-state index contributed by atoms with van der Waals surface area (Å²) < 4.78 is 31.2. The molecule has 35 heavy (non-hydrogen) atoms. The van der Waals surface area contributed by atoms with Crippen molar-refractivity contribution in [3.05, 3.63) is 83.9 Å². The molecule has 1 atom stereocenters. The van der Waals surface area contributed by atoms with Crippen molar-refractivity contribution in [2.24, 2.45) is 0 Å². The normalized spacial score (nSPS) is 12.0. The lowest BCUT2D eigenvalue weighted by atomic mass is 10.1. The molecule has 0 aromatic heterocycles. The number of sulfone groups is 1. The number of carbonyl (C=O) groups is 2. The van der Waals surface area contributed by atoms with Crippen molar-refractivity contribution in [2.75, 3.05) is 12.9 Å². The summed E-state index contributed by atoms with van der Waals surface area (Å²) in [6, 6.07) is 19.7. The maximum atomic E-state index is 13.0. The molecule has 0 aliphatic heterocycles. The monoisotopic (exact) mass is 514 g/mol. The lowest BCUT2D eigenvalue weighted by Crippen LogP contribution is -2.50.